The van der Waals surface area contributed by atoms with Crippen molar-refractivity contribution >= 4 is 0 Å². The van der Waals surface area contributed by atoms with Crippen molar-refractivity contribution in [3.05, 3.63) is 46.9 Å². The van der Waals surface area contributed by atoms with Crippen molar-refractivity contribution in [1.29, 1.82) is 0 Å². The fourth-order valence-electron chi connectivity index (χ4n) is 1.42. The van der Waals surface area contributed by atoms with Gasteiger partial charge < -0.3 is 9.67 Å². The summed E-state index contributed by atoms with van der Waals surface area (Å²) >= 11 is 0. The fraction of sp³-hybridized carbons (Fsp3) is 0.0909. The molecule has 4 heteroatoms. The second kappa shape index (κ2) is 3.57. The Hall–Kier alpha value is -2.10. The van der Waals surface area contributed by atoms with Crippen LogP contribution >= 0.6 is 0 Å². The number of aromatic nitrogens is 2. The van der Waals surface area contributed by atoms with E-state index in [9.17, 15) is 9.90 Å². The molecule has 0 aromatic carbocycles. The van der Waals surface area contributed by atoms with Gasteiger partial charge in [0.05, 0.1) is 5.69 Å². The first-order valence-corrected chi connectivity index (χ1v) is 4.50. The Kier molecular flexibility index (Phi) is 2.25. The van der Waals surface area contributed by atoms with Gasteiger partial charge in [-0.15, -0.1) is 0 Å². The van der Waals surface area contributed by atoms with Gasteiger partial charge >= 0.3 is 0 Å². The molecule has 1 N–H and O–H groups in total. The van der Waals surface area contributed by atoms with E-state index in [4.69, 9.17) is 0 Å². The number of nitrogens with zero attached hydrogens (tertiary/aromatic N) is 2. The highest BCUT2D eigenvalue weighted by atomic mass is 16.3. The van der Waals surface area contributed by atoms with Crippen molar-refractivity contribution < 1.29 is 5.11 Å². The molecule has 0 saturated heterocycles. The summed E-state index contributed by atoms with van der Waals surface area (Å²) in [5.74, 6) is -0.265. The third kappa shape index (κ3) is 1.61. The molecule has 0 saturated carbocycles. The minimum atomic E-state index is -0.395. The van der Waals surface area contributed by atoms with Crippen LogP contribution < -0.4 is 5.43 Å². The number of aromatic hydroxyl groups is 1. The minimum absolute atomic E-state index is 0.265. The first-order chi connectivity index (χ1) is 7.20. The maximum Gasteiger partial charge on any atom is 0.223 e. The van der Waals surface area contributed by atoms with E-state index in [1.807, 2.05) is 0 Å². The molecule has 0 bridgehead atoms. The molecule has 2 aromatic rings. The normalized spacial score (nSPS) is 10.2. The molecule has 0 aliphatic heterocycles. The predicted molar refractivity (Wildman–Crippen MR) is 56.6 cm³/mol. The molecule has 76 valence electrons. The van der Waals surface area contributed by atoms with Crippen LogP contribution in [0.4, 0.5) is 0 Å². The van der Waals surface area contributed by atoms with Gasteiger partial charge in [0.1, 0.15) is 5.69 Å². The van der Waals surface area contributed by atoms with E-state index in [-0.39, 0.29) is 5.75 Å². The smallest absolute Gasteiger partial charge is 0.223 e. The average molecular weight is 202 g/mol. The van der Waals surface area contributed by atoms with Gasteiger partial charge in [-0.2, -0.15) is 0 Å². The monoisotopic (exact) mass is 202 g/mol. The zero-order valence-corrected chi connectivity index (χ0v) is 8.21. The van der Waals surface area contributed by atoms with Crippen molar-refractivity contribution in [3.8, 4) is 17.1 Å². The van der Waals surface area contributed by atoms with Crippen LogP contribution in [0.2, 0.25) is 0 Å². The largest absolute Gasteiger partial charge is 0.503 e. The highest BCUT2D eigenvalue weighted by molar-refractivity contribution is 5.62. The van der Waals surface area contributed by atoms with E-state index in [0.29, 0.717) is 11.4 Å². The third-order valence-electron chi connectivity index (χ3n) is 2.17. The van der Waals surface area contributed by atoms with Gasteiger partial charge in [-0.05, 0) is 12.1 Å². The van der Waals surface area contributed by atoms with Crippen LogP contribution in [0.1, 0.15) is 0 Å². The Labute approximate surface area is 86.5 Å². The first-order valence-electron chi connectivity index (χ1n) is 4.50. The van der Waals surface area contributed by atoms with E-state index in [1.54, 1.807) is 42.2 Å². The summed E-state index contributed by atoms with van der Waals surface area (Å²) in [6.07, 6.45) is 3.22. The maximum atomic E-state index is 11.3. The van der Waals surface area contributed by atoms with Gasteiger partial charge in [0.25, 0.3) is 0 Å². The molecule has 0 radical (unpaired) electrons. The number of hydrogen-bond donors (Lipinski definition) is 1. The van der Waals surface area contributed by atoms with Gasteiger partial charge in [-0.25, -0.2) is 0 Å². The van der Waals surface area contributed by atoms with Crippen molar-refractivity contribution in [2.45, 2.75) is 0 Å². The molecule has 0 aliphatic rings. The zero-order valence-electron chi connectivity index (χ0n) is 8.21. The van der Waals surface area contributed by atoms with Crippen molar-refractivity contribution in [1.82, 2.24) is 9.55 Å². The van der Waals surface area contributed by atoms with Gasteiger partial charge in [0, 0.05) is 25.5 Å². The lowest BCUT2D eigenvalue weighted by Crippen LogP contribution is -2.07. The molecule has 0 fully saturated rings. The highest BCUT2D eigenvalue weighted by Crippen LogP contribution is 2.22. The quantitative estimate of drug-likeness (QED) is 0.754. The fourth-order valence-corrected chi connectivity index (χ4v) is 1.42. The summed E-state index contributed by atoms with van der Waals surface area (Å²) in [5, 5.41) is 9.66. The molecular weight excluding hydrogens is 192 g/mol. The van der Waals surface area contributed by atoms with E-state index in [1.165, 1.54) is 6.07 Å². The molecule has 2 heterocycles. The lowest BCUT2D eigenvalue weighted by atomic mass is 10.2. The third-order valence-corrected chi connectivity index (χ3v) is 2.17. The zero-order chi connectivity index (χ0) is 10.8. The van der Waals surface area contributed by atoms with E-state index in [2.05, 4.69) is 4.98 Å². The SMILES string of the molecule is Cn1ccc(=O)c(O)c1-c1ccccn1. The lowest BCUT2D eigenvalue weighted by molar-refractivity contribution is 0.466. The molecule has 2 rings (SSSR count). The summed E-state index contributed by atoms with van der Waals surface area (Å²) in [5.41, 5.74) is 0.618. The van der Waals surface area contributed by atoms with Crippen LogP contribution in [0.25, 0.3) is 11.4 Å². The predicted octanol–water partition coefficient (Wildman–Crippen LogP) is 1.15. The van der Waals surface area contributed by atoms with Crippen LogP contribution in [0, 0.1) is 0 Å². The van der Waals surface area contributed by atoms with E-state index in [0.717, 1.165) is 0 Å². The minimum Gasteiger partial charge on any atom is -0.503 e. The summed E-state index contributed by atoms with van der Waals surface area (Å²) in [6.45, 7) is 0. The summed E-state index contributed by atoms with van der Waals surface area (Å²) < 4.78 is 1.67. The Morgan fingerprint density at radius 2 is 2.13 bits per heavy atom. The van der Waals surface area contributed by atoms with Crippen LogP contribution in [0.5, 0.6) is 5.75 Å². The van der Waals surface area contributed by atoms with Gasteiger partial charge in [-0.3, -0.25) is 9.78 Å². The van der Waals surface area contributed by atoms with Gasteiger partial charge in [-0.1, -0.05) is 6.07 Å². The summed E-state index contributed by atoms with van der Waals surface area (Å²) in [6, 6.07) is 6.65. The molecule has 0 amide bonds. The van der Waals surface area contributed by atoms with Crippen LogP contribution in [-0.4, -0.2) is 14.7 Å². The number of hydrogen-bond acceptors (Lipinski definition) is 3. The number of pyridine rings is 2. The molecule has 15 heavy (non-hydrogen) atoms. The molecule has 2 aromatic heterocycles. The number of rotatable bonds is 1. The lowest BCUT2D eigenvalue weighted by Gasteiger charge is -2.08. The second-order valence-corrected chi connectivity index (χ2v) is 3.20. The second-order valence-electron chi connectivity index (χ2n) is 3.20. The molecule has 4 nitrogen and oxygen atoms in total. The Bertz CT molecular complexity index is 532. The molecule has 0 unspecified atom stereocenters. The van der Waals surface area contributed by atoms with E-state index < -0.39 is 5.43 Å². The molecule has 0 spiro atoms. The number of aryl methyl sites for hydroxylation is 1. The highest BCUT2D eigenvalue weighted by Gasteiger charge is 2.10. The topological polar surface area (TPSA) is 55.1 Å². The Morgan fingerprint density at radius 1 is 1.33 bits per heavy atom. The summed E-state index contributed by atoms with van der Waals surface area (Å²) in [4.78, 5) is 15.4. The van der Waals surface area contributed by atoms with Crippen LogP contribution in [-0.2, 0) is 7.05 Å². The van der Waals surface area contributed by atoms with Gasteiger partial charge in [0.15, 0.2) is 5.75 Å². The molecule has 0 aliphatic carbocycles. The molecular formula is C11H10N2O2. The maximum absolute atomic E-state index is 11.3. The van der Waals surface area contributed by atoms with Crippen LogP contribution in [0.3, 0.4) is 0 Å². The van der Waals surface area contributed by atoms with E-state index >= 15 is 0 Å². The van der Waals surface area contributed by atoms with Crippen LogP contribution in [0.15, 0.2) is 41.5 Å². The van der Waals surface area contributed by atoms with Crippen molar-refractivity contribution in [2.75, 3.05) is 0 Å². The summed E-state index contributed by atoms with van der Waals surface area (Å²) in [7, 11) is 1.75. The van der Waals surface area contributed by atoms with Gasteiger partial charge in [0.2, 0.25) is 5.43 Å². The Morgan fingerprint density at radius 3 is 2.80 bits per heavy atom. The van der Waals surface area contributed by atoms with Crippen molar-refractivity contribution in [2.24, 2.45) is 7.05 Å². The average Bonchev–Trinajstić information content (AvgIpc) is 2.26. The standard InChI is InChI=1S/C11H10N2O2/c1-13-7-5-9(14)11(15)10(13)8-4-2-3-6-12-8/h2-7,15H,1H3. The first kappa shape index (κ1) is 9.45. The Balaban J connectivity index is 2.73. The van der Waals surface area contributed by atoms with Crippen molar-refractivity contribution in [3.63, 3.8) is 0 Å². The molecule has 0 atom stereocenters.